The average Bonchev–Trinajstić information content (AvgIpc) is 2.48. The van der Waals surface area contributed by atoms with Gasteiger partial charge in [-0.3, -0.25) is 0 Å². The molecular weight excluding hydrogens is 312 g/mol. The molecule has 3 nitrogen and oxygen atoms in total. The van der Waals surface area contributed by atoms with Crippen molar-refractivity contribution in [1.29, 1.82) is 0 Å². The smallest absolute Gasteiger partial charge is 0.159 e. The number of nitrogens with two attached hydrogens (primary N) is 1. The van der Waals surface area contributed by atoms with E-state index >= 15 is 0 Å². The second kappa shape index (κ2) is 3.78. The number of rotatable bonds is 1. The van der Waals surface area contributed by atoms with Crippen LogP contribution in [-0.4, -0.2) is 9.78 Å². The van der Waals surface area contributed by atoms with Gasteiger partial charge in [-0.15, -0.1) is 5.10 Å². The van der Waals surface area contributed by atoms with Crippen LogP contribution in [0.5, 0.6) is 0 Å². The molecule has 14 heavy (non-hydrogen) atoms. The van der Waals surface area contributed by atoms with Crippen molar-refractivity contribution in [3.05, 3.63) is 39.1 Å². The average molecular weight is 320 g/mol. The van der Waals surface area contributed by atoms with Crippen LogP contribution >= 0.6 is 34.2 Å². The maximum atomic E-state index is 6.02. The molecule has 2 aromatic rings. The fraction of sp³-hybridized carbons (Fsp3) is 0. The minimum absolute atomic E-state index is 0.519. The van der Waals surface area contributed by atoms with Gasteiger partial charge in [-0.1, -0.05) is 23.7 Å². The van der Waals surface area contributed by atoms with Gasteiger partial charge in [-0.05, 0) is 34.7 Å². The zero-order valence-corrected chi connectivity index (χ0v) is 10.0. The minimum Gasteiger partial charge on any atom is -0.381 e. The molecule has 0 atom stereocenters. The van der Waals surface area contributed by atoms with Gasteiger partial charge in [0.2, 0.25) is 0 Å². The second-order valence-corrected chi connectivity index (χ2v) is 4.33. The topological polar surface area (TPSA) is 43.8 Å². The van der Waals surface area contributed by atoms with Crippen molar-refractivity contribution >= 4 is 40.0 Å². The summed E-state index contributed by atoms with van der Waals surface area (Å²) in [5.74, 6) is 0.519. The lowest BCUT2D eigenvalue weighted by molar-refractivity contribution is 0.886. The largest absolute Gasteiger partial charge is 0.381 e. The van der Waals surface area contributed by atoms with Crippen molar-refractivity contribution < 1.29 is 0 Å². The van der Waals surface area contributed by atoms with Gasteiger partial charge in [-0.25, -0.2) is 4.68 Å². The summed E-state index contributed by atoms with van der Waals surface area (Å²) in [6.45, 7) is 0. The first-order valence-electron chi connectivity index (χ1n) is 3.94. The summed E-state index contributed by atoms with van der Waals surface area (Å²) < 4.78 is 2.60. The Morgan fingerprint density at radius 1 is 1.36 bits per heavy atom. The molecule has 0 aliphatic carbocycles. The third-order valence-electron chi connectivity index (χ3n) is 1.80. The van der Waals surface area contributed by atoms with E-state index in [4.69, 9.17) is 17.3 Å². The Morgan fingerprint density at radius 3 is 2.64 bits per heavy atom. The van der Waals surface area contributed by atoms with Crippen molar-refractivity contribution in [3.8, 4) is 5.69 Å². The normalized spacial score (nSPS) is 10.4. The standard InChI is InChI=1S/C9H7ClIN3/c10-6-3-1-2-4-8(6)14-5-7(11)9(12)13-14/h1-5H,(H2,12,13). The van der Waals surface area contributed by atoms with E-state index in [9.17, 15) is 0 Å². The number of hydrogen-bond acceptors (Lipinski definition) is 2. The fourth-order valence-electron chi connectivity index (χ4n) is 1.13. The zero-order chi connectivity index (χ0) is 10.1. The van der Waals surface area contributed by atoms with Crippen LogP contribution in [0, 0.1) is 3.57 Å². The molecular formula is C9H7ClIN3. The Kier molecular flexibility index (Phi) is 2.64. The first kappa shape index (κ1) is 9.79. The van der Waals surface area contributed by atoms with Crippen molar-refractivity contribution in [1.82, 2.24) is 9.78 Å². The molecule has 0 radical (unpaired) electrons. The number of nitrogen functional groups attached to an aromatic ring is 1. The van der Waals surface area contributed by atoms with Crippen LogP contribution in [0.2, 0.25) is 5.02 Å². The number of halogens is 2. The van der Waals surface area contributed by atoms with E-state index in [2.05, 4.69) is 27.7 Å². The van der Waals surface area contributed by atoms with Gasteiger partial charge in [0.1, 0.15) is 0 Å². The molecule has 1 heterocycles. The summed E-state index contributed by atoms with van der Waals surface area (Å²) in [5.41, 5.74) is 6.48. The Bertz CT molecular complexity index is 447. The zero-order valence-electron chi connectivity index (χ0n) is 7.11. The summed E-state index contributed by atoms with van der Waals surface area (Å²) in [6, 6.07) is 7.50. The third-order valence-corrected chi connectivity index (χ3v) is 2.95. The Morgan fingerprint density at radius 2 is 2.07 bits per heavy atom. The van der Waals surface area contributed by atoms with Crippen LogP contribution in [0.25, 0.3) is 5.69 Å². The lowest BCUT2D eigenvalue weighted by Crippen LogP contribution is -1.96. The summed E-state index contributed by atoms with van der Waals surface area (Å²) >= 11 is 8.15. The molecule has 0 aliphatic rings. The van der Waals surface area contributed by atoms with Gasteiger partial charge in [0.15, 0.2) is 5.82 Å². The number of aromatic nitrogens is 2. The third kappa shape index (κ3) is 1.72. The number of para-hydroxylation sites is 1. The van der Waals surface area contributed by atoms with E-state index in [0.29, 0.717) is 10.8 Å². The first-order valence-corrected chi connectivity index (χ1v) is 5.39. The van der Waals surface area contributed by atoms with Crippen molar-refractivity contribution in [3.63, 3.8) is 0 Å². The van der Waals surface area contributed by atoms with E-state index in [-0.39, 0.29) is 0 Å². The predicted octanol–water partition coefficient (Wildman–Crippen LogP) is 2.71. The molecule has 0 amide bonds. The first-order chi connectivity index (χ1) is 6.68. The molecule has 0 fully saturated rings. The fourth-order valence-corrected chi connectivity index (χ4v) is 1.72. The lowest BCUT2D eigenvalue weighted by Gasteiger charge is -2.02. The van der Waals surface area contributed by atoms with Gasteiger partial charge in [0, 0.05) is 6.20 Å². The van der Waals surface area contributed by atoms with E-state index < -0.39 is 0 Å². The van der Waals surface area contributed by atoms with Gasteiger partial charge in [-0.2, -0.15) is 0 Å². The Hall–Kier alpha value is -0.750. The highest BCUT2D eigenvalue weighted by molar-refractivity contribution is 14.1. The lowest BCUT2D eigenvalue weighted by atomic mass is 10.3. The second-order valence-electron chi connectivity index (χ2n) is 2.76. The molecule has 0 bridgehead atoms. The Balaban J connectivity index is 2.55. The Labute approximate surface area is 100 Å². The van der Waals surface area contributed by atoms with Crippen molar-refractivity contribution in [2.75, 3.05) is 5.73 Å². The molecule has 0 saturated carbocycles. The number of benzene rings is 1. The summed E-state index contributed by atoms with van der Waals surface area (Å²) in [7, 11) is 0. The monoisotopic (exact) mass is 319 g/mol. The SMILES string of the molecule is Nc1nn(-c2ccccc2Cl)cc1I. The van der Waals surface area contributed by atoms with Gasteiger partial charge >= 0.3 is 0 Å². The van der Waals surface area contributed by atoms with Gasteiger partial charge in [0.25, 0.3) is 0 Å². The van der Waals surface area contributed by atoms with Crippen LogP contribution in [0.1, 0.15) is 0 Å². The van der Waals surface area contributed by atoms with E-state index in [1.54, 1.807) is 4.68 Å². The maximum absolute atomic E-state index is 6.02. The van der Waals surface area contributed by atoms with Crippen molar-refractivity contribution in [2.24, 2.45) is 0 Å². The maximum Gasteiger partial charge on any atom is 0.159 e. The molecule has 0 spiro atoms. The molecule has 72 valence electrons. The minimum atomic E-state index is 0.519. The summed E-state index contributed by atoms with van der Waals surface area (Å²) in [5, 5.41) is 4.80. The van der Waals surface area contributed by atoms with Gasteiger partial charge in [0.05, 0.1) is 14.3 Å². The van der Waals surface area contributed by atoms with Crippen LogP contribution in [-0.2, 0) is 0 Å². The molecule has 5 heteroatoms. The number of anilines is 1. The molecule has 2 rings (SSSR count). The van der Waals surface area contributed by atoms with Crippen molar-refractivity contribution in [2.45, 2.75) is 0 Å². The van der Waals surface area contributed by atoms with Gasteiger partial charge < -0.3 is 5.73 Å². The quantitative estimate of drug-likeness (QED) is 0.821. The highest BCUT2D eigenvalue weighted by atomic mass is 127. The van der Waals surface area contributed by atoms with Crippen LogP contribution in [0.4, 0.5) is 5.82 Å². The molecule has 0 saturated heterocycles. The predicted molar refractivity (Wildman–Crippen MR) is 65.7 cm³/mol. The van der Waals surface area contributed by atoms with E-state index in [1.165, 1.54) is 0 Å². The van der Waals surface area contributed by atoms with E-state index in [0.717, 1.165) is 9.26 Å². The molecule has 1 aromatic heterocycles. The van der Waals surface area contributed by atoms with Crippen LogP contribution < -0.4 is 5.73 Å². The highest BCUT2D eigenvalue weighted by Crippen LogP contribution is 2.21. The number of nitrogens with zero attached hydrogens (tertiary/aromatic N) is 2. The summed E-state index contributed by atoms with van der Waals surface area (Å²) in [6.07, 6.45) is 1.84. The highest BCUT2D eigenvalue weighted by Gasteiger charge is 2.06. The molecule has 0 unspecified atom stereocenters. The van der Waals surface area contributed by atoms with E-state index in [1.807, 2.05) is 30.5 Å². The molecule has 2 N–H and O–H groups in total. The molecule has 0 aliphatic heterocycles. The van der Waals surface area contributed by atoms with Crippen LogP contribution in [0.3, 0.4) is 0 Å². The van der Waals surface area contributed by atoms with Crippen LogP contribution in [0.15, 0.2) is 30.5 Å². The summed E-state index contributed by atoms with van der Waals surface area (Å²) in [4.78, 5) is 0. The number of hydrogen-bond donors (Lipinski definition) is 1. The molecule has 1 aromatic carbocycles.